The summed E-state index contributed by atoms with van der Waals surface area (Å²) in [4.78, 5) is 35.0. The Bertz CT molecular complexity index is 1640. The SMILES string of the molecule is COc1ccc(Cl)cc1NC(=O)NC1CCc2ccc(C(=O)N(C)C3CCN(c4ccc5cnccc5c4)CC3)cc21. The second-order valence-corrected chi connectivity index (χ2v) is 11.4. The van der Waals surface area contributed by atoms with Crippen molar-refractivity contribution in [3.63, 3.8) is 0 Å². The molecule has 2 aliphatic rings. The van der Waals surface area contributed by atoms with E-state index in [0.717, 1.165) is 55.3 Å². The van der Waals surface area contributed by atoms with Gasteiger partial charge in [0.25, 0.3) is 5.91 Å². The van der Waals surface area contributed by atoms with Crippen LogP contribution >= 0.6 is 11.6 Å². The van der Waals surface area contributed by atoms with Crippen LogP contribution in [0.5, 0.6) is 5.75 Å². The number of methoxy groups -OCH3 is 1. The van der Waals surface area contributed by atoms with E-state index in [2.05, 4.69) is 38.7 Å². The Morgan fingerprint density at radius 1 is 1.00 bits per heavy atom. The number of urea groups is 1. The van der Waals surface area contributed by atoms with Gasteiger partial charge in [-0.05, 0) is 90.7 Å². The van der Waals surface area contributed by atoms with Crippen LogP contribution in [0.2, 0.25) is 5.02 Å². The van der Waals surface area contributed by atoms with E-state index >= 15 is 0 Å². The Kier molecular flexibility index (Phi) is 7.89. The molecule has 4 aromatic rings. The number of aromatic nitrogens is 1. The molecule has 1 aliphatic heterocycles. The van der Waals surface area contributed by atoms with Crippen LogP contribution < -0.4 is 20.3 Å². The lowest BCUT2D eigenvalue weighted by atomic mass is 10.00. The van der Waals surface area contributed by atoms with Crippen LogP contribution in [0.25, 0.3) is 10.8 Å². The molecule has 1 fully saturated rings. The summed E-state index contributed by atoms with van der Waals surface area (Å²) in [5.41, 5.74) is 4.49. The molecule has 1 saturated heterocycles. The van der Waals surface area contributed by atoms with Crippen LogP contribution in [0, 0.1) is 0 Å². The lowest BCUT2D eigenvalue weighted by molar-refractivity contribution is 0.0709. The van der Waals surface area contributed by atoms with Crippen molar-refractivity contribution >= 4 is 45.7 Å². The minimum Gasteiger partial charge on any atom is -0.495 e. The molecule has 3 aromatic carbocycles. The number of hydrogen-bond acceptors (Lipinski definition) is 5. The van der Waals surface area contributed by atoms with Crippen molar-refractivity contribution in [1.82, 2.24) is 15.2 Å². The van der Waals surface area contributed by atoms with Gasteiger partial charge in [0.2, 0.25) is 0 Å². The van der Waals surface area contributed by atoms with Gasteiger partial charge in [-0.25, -0.2) is 4.79 Å². The molecule has 1 aliphatic carbocycles. The summed E-state index contributed by atoms with van der Waals surface area (Å²) in [7, 11) is 3.45. The van der Waals surface area contributed by atoms with Crippen molar-refractivity contribution in [1.29, 1.82) is 0 Å². The van der Waals surface area contributed by atoms with Gasteiger partial charge in [-0.15, -0.1) is 0 Å². The fourth-order valence-corrected chi connectivity index (χ4v) is 6.30. The van der Waals surface area contributed by atoms with Gasteiger partial charge < -0.3 is 25.2 Å². The highest BCUT2D eigenvalue weighted by Crippen LogP contribution is 2.34. The second kappa shape index (κ2) is 11.9. The number of piperidine rings is 1. The predicted molar refractivity (Wildman–Crippen MR) is 167 cm³/mol. The minimum absolute atomic E-state index is 0.00761. The van der Waals surface area contributed by atoms with Crippen molar-refractivity contribution in [3.8, 4) is 5.75 Å². The summed E-state index contributed by atoms with van der Waals surface area (Å²) < 4.78 is 5.34. The number of ether oxygens (including phenoxy) is 1. The lowest BCUT2D eigenvalue weighted by Crippen LogP contribution is -2.45. The van der Waals surface area contributed by atoms with Crippen LogP contribution in [0.3, 0.4) is 0 Å². The maximum Gasteiger partial charge on any atom is 0.319 e. The molecule has 2 heterocycles. The molecular formula is C33H34ClN5O3. The standard InChI is InChI=1S/C33H34ClN5O3/c1-38(26-12-15-39(16-13-26)27-8-5-24-20-35-14-11-22(24)17-27)32(40)23-4-3-21-6-9-29(28(21)18-23)36-33(41)37-30-19-25(34)7-10-31(30)42-2/h3-5,7-8,10-11,14,17-20,26,29H,6,9,12-13,15-16H2,1-2H3,(H2,36,37,41). The van der Waals surface area contributed by atoms with Gasteiger partial charge in [0.15, 0.2) is 0 Å². The third kappa shape index (κ3) is 5.72. The number of amides is 3. The Balaban J connectivity index is 1.09. The quantitative estimate of drug-likeness (QED) is 0.272. The number of nitrogens with zero attached hydrogens (tertiary/aromatic N) is 3. The van der Waals surface area contributed by atoms with Gasteiger partial charge in [-0.2, -0.15) is 0 Å². The molecule has 1 aromatic heterocycles. The molecule has 1 unspecified atom stereocenters. The summed E-state index contributed by atoms with van der Waals surface area (Å²) in [5, 5.41) is 8.72. The average molecular weight is 584 g/mol. The molecule has 42 heavy (non-hydrogen) atoms. The summed E-state index contributed by atoms with van der Waals surface area (Å²) in [6.07, 6.45) is 7.12. The Hall–Kier alpha value is -4.30. The third-order valence-corrected chi connectivity index (χ3v) is 8.74. The Labute approximate surface area is 250 Å². The Morgan fingerprint density at radius 2 is 1.83 bits per heavy atom. The van der Waals surface area contributed by atoms with E-state index in [9.17, 15) is 9.59 Å². The number of rotatable bonds is 6. The van der Waals surface area contributed by atoms with E-state index in [1.807, 2.05) is 48.6 Å². The number of halogens is 1. The lowest BCUT2D eigenvalue weighted by Gasteiger charge is -2.38. The van der Waals surface area contributed by atoms with Crippen molar-refractivity contribution in [3.05, 3.63) is 94.8 Å². The molecule has 0 spiro atoms. The molecule has 2 N–H and O–H groups in total. The van der Waals surface area contributed by atoms with Crippen molar-refractivity contribution in [2.45, 2.75) is 37.8 Å². The largest absolute Gasteiger partial charge is 0.495 e. The number of carbonyl (C=O) groups excluding carboxylic acids is 2. The summed E-state index contributed by atoms with van der Waals surface area (Å²) in [5.74, 6) is 0.533. The fourth-order valence-electron chi connectivity index (χ4n) is 6.13. The highest BCUT2D eigenvalue weighted by molar-refractivity contribution is 6.31. The molecule has 9 heteroatoms. The molecule has 3 amide bonds. The summed E-state index contributed by atoms with van der Waals surface area (Å²) >= 11 is 6.11. The molecule has 216 valence electrons. The first kappa shape index (κ1) is 27.8. The van der Waals surface area contributed by atoms with E-state index in [1.54, 1.807) is 25.3 Å². The van der Waals surface area contributed by atoms with Gasteiger partial charge in [-0.1, -0.05) is 23.7 Å². The van der Waals surface area contributed by atoms with E-state index < -0.39 is 0 Å². The number of benzene rings is 3. The molecule has 8 nitrogen and oxygen atoms in total. The molecule has 0 bridgehead atoms. The number of nitrogens with one attached hydrogen (secondary N) is 2. The van der Waals surface area contributed by atoms with E-state index in [-0.39, 0.29) is 24.0 Å². The highest BCUT2D eigenvalue weighted by Gasteiger charge is 2.29. The predicted octanol–water partition coefficient (Wildman–Crippen LogP) is 6.45. The monoisotopic (exact) mass is 583 g/mol. The Morgan fingerprint density at radius 3 is 2.64 bits per heavy atom. The highest BCUT2D eigenvalue weighted by atomic mass is 35.5. The average Bonchev–Trinajstić information content (AvgIpc) is 3.41. The van der Waals surface area contributed by atoms with E-state index in [0.29, 0.717) is 22.0 Å². The zero-order valence-corrected chi connectivity index (χ0v) is 24.5. The zero-order valence-electron chi connectivity index (χ0n) is 23.8. The van der Waals surface area contributed by atoms with Crippen molar-refractivity contribution < 1.29 is 14.3 Å². The van der Waals surface area contributed by atoms with Crippen molar-refractivity contribution in [2.75, 3.05) is 37.5 Å². The maximum absolute atomic E-state index is 13.6. The van der Waals surface area contributed by atoms with E-state index in [4.69, 9.17) is 16.3 Å². The number of carbonyl (C=O) groups is 2. The van der Waals surface area contributed by atoms with Gasteiger partial charge in [-0.3, -0.25) is 9.78 Å². The normalized spacial score (nSPS) is 16.6. The number of aryl methyl sites for hydroxylation is 1. The minimum atomic E-state index is -0.350. The van der Waals surface area contributed by atoms with Crippen molar-refractivity contribution in [2.24, 2.45) is 0 Å². The first-order chi connectivity index (χ1) is 20.4. The first-order valence-electron chi connectivity index (χ1n) is 14.3. The smallest absolute Gasteiger partial charge is 0.319 e. The molecule has 1 atom stereocenters. The van der Waals surface area contributed by atoms with Gasteiger partial charge in [0.05, 0.1) is 18.8 Å². The van der Waals surface area contributed by atoms with Crippen LogP contribution in [-0.2, 0) is 6.42 Å². The number of anilines is 2. The molecule has 0 saturated carbocycles. The topological polar surface area (TPSA) is 86.8 Å². The summed E-state index contributed by atoms with van der Waals surface area (Å²) in [6.45, 7) is 1.78. The van der Waals surface area contributed by atoms with Gasteiger partial charge >= 0.3 is 6.03 Å². The van der Waals surface area contributed by atoms with Crippen LogP contribution in [0.4, 0.5) is 16.2 Å². The zero-order chi connectivity index (χ0) is 29.2. The number of fused-ring (bicyclic) bond motifs is 2. The molecule has 0 radical (unpaired) electrons. The second-order valence-electron chi connectivity index (χ2n) is 11.0. The number of pyridine rings is 1. The van der Waals surface area contributed by atoms with Crippen LogP contribution in [0.1, 0.15) is 46.8 Å². The van der Waals surface area contributed by atoms with Crippen LogP contribution in [-0.4, -0.2) is 55.1 Å². The summed E-state index contributed by atoms with van der Waals surface area (Å²) in [6, 6.07) is 19.1. The van der Waals surface area contributed by atoms with Gasteiger partial charge in [0, 0.05) is 60.2 Å². The maximum atomic E-state index is 13.6. The van der Waals surface area contributed by atoms with E-state index in [1.165, 1.54) is 11.1 Å². The first-order valence-corrected chi connectivity index (χ1v) is 14.7. The third-order valence-electron chi connectivity index (χ3n) is 8.51. The van der Waals surface area contributed by atoms with Gasteiger partial charge in [0.1, 0.15) is 5.75 Å². The number of hydrogen-bond donors (Lipinski definition) is 2. The van der Waals surface area contributed by atoms with Crippen LogP contribution in [0.15, 0.2) is 73.1 Å². The fraction of sp³-hybridized carbons (Fsp3) is 0.303. The molecule has 6 rings (SSSR count). The molecular weight excluding hydrogens is 550 g/mol.